The Hall–Kier alpha value is -2.30. The lowest BCUT2D eigenvalue weighted by molar-refractivity contribution is -0.121. The van der Waals surface area contributed by atoms with E-state index in [-0.39, 0.29) is 16.3 Å². The number of carbonyl (C=O) groups excluding carboxylic acids is 2. The number of halogens is 2. The molecule has 2 aromatic rings. The van der Waals surface area contributed by atoms with Crippen molar-refractivity contribution in [3.8, 4) is 0 Å². The highest BCUT2D eigenvalue weighted by molar-refractivity contribution is 6.47. The quantitative estimate of drug-likeness (QED) is 0.849. The fourth-order valence-corrected chi connectivity index (χ4v) is 2.63. The summed E-state index contributed by atoms with van der Waals surface area (Å²) in [4.78, 5) is 25.7. The lowest BCUT2D eigenvalue weighted by Crippen LogP contribution is -2.31. The van der Waals surface area contributed by atoms with E-state index in [0.29, 0.717) is 10.6 Å². The minimum atomic E-state index is -0.826. The minimum Gasteiger partial charge on any atom is -0.502 e. The standard InChI is InChI=1S/C16H9Cl2NO3/c17-10-6-7-11(18)12(8-10)19-15(21)13(14(20)16(19)22)9-4-2-1-3-5-9/h1-8,20H. The first-order valence-electron chi connectivity index (χ1n) is 6.33. The van der Waals surface area contributed by atoms with Crippen LogP contribution in [-0.2, 0) is 9.59 Å². The van der Waals surface area contributed by atoms with Crippen LogP contribution in [-0.4, -0.2) is 16.9 Å². The number of benzene rings is 2. The van der Waals surface area contributed by atoms with Crippen molar-refractivity contribution in [3.63, 3.8) is 0 Å². The van der Waals surface area contributed by atoms with Gasteiger partial charge in [0.2, 0.25) is 0 Å². The Kier molecular flexibility index (Phi) is 3.64. The Morgan fingerprint density at radius 2 is 1.59 bits per heavy atom. The third-order valence-electron chi connectivity index (χ3n) is 3.27. The largest absolute Gasteiger partial charge is 0.502 e. The Bertz CT molecular complexity index is 815. The predicted molar refractivity (Wildman–Crippen MR) is 84.9 cm³/mol. The molecular weight excluding hydrogens is 325 g/mol. The van der Waals surface area contributed by atoms with Gasteiger partial charge in [-0.1, -0.05) is 53.5 Å². The van der Waals surface area contributed by atoms with E-state index >= 15 is 0 Å². The van der Waals surface area contributed by atoms with Crippen LogP contribution in [0, 0.1) is 0 Å². The van der Waals surface area contributed by atoms with Crippen molar-refractivity contribution >= 4 is 46.3 Å². The van der Waals surface area contributed by atoms with Crippen LogP contribution in [0.4, 0.5) is 5.69 Å². The van der Waals surface area contributed by atoms with Crippen molar-refractivity contribution in [2.75, 3.05) is 4.90 Å². The number of imide groups is 1. The van der Waals surface area contributed by atoms with E-state index in [1.54, 1.807) is 36.4 Å². The number of aliphatic hydroxyl groups excluding tert-OH is 1. The highest BCUT2D eigenvalue weighted by Crippen LogP contribution is 2.36. The number of hydrogen-bond donors (Lipinski definition) is 1. The maximum Gasteiger partial charge on any atom is 0.301 e. The topological polar surface area (TPSA) is 57.6 Å². The maximum atomic E-state index is 12.6. The summed E-state index contributed by atoms with van der Waals surface area (Å²) in [5.74, 6) is -2.07. The molecule has 1 aliphatic heterocycles. The molecule has 1 N–H and O–H groups in total. The monoisotopic (exact) mass is 333 g/mol. The predicted octanol–water partition coefficient (Wildman–Crippen LogP) is 3.84. The third kappa shape index (κ3) is 2.26. The molecule has 0 saturated heterocycles. The van der Waals surface area contributed by atoms with Gasteiger partial charge in [-0.15, -0.1) is 0 Å². The van der Waals surface area contributed by atoms with Crippen LogP contribution >= 0.6 is 23.2 Å². The zero-order chi connectivity index (χ0) is 15.9. The van der Waals surface area contributed by atoms with Gasteiger partial charge in [-0.25, -0.2) is 4.90 Å². The molecule has 22 heavy (non-hydrogen) atoms. The molecule has 4 nitrogen and oxygen atoms in total. The second-order valence-electron chi connectivity index (χ2n) is 4.63. The second kappa shape index (κ2) is 5.48. The molecule has 0 bridgehead atoms. The number of aliphatic hydroxyl groups is 1. The maximum absolute atomic E-state index is 12.6. The van der Waals surface area contributed by atoms with Crippen molar-refractivity contribution in [1.82, 2.24) is 0 Å². The molecule has 110 valence electrons. The summed E-state index contributed by atoms with van der Waals surface area (Å²) >= 11 is 11.9. The Morgan fingerprint density at radius 1 is 0.909 bits per heavy atom. The summed E-state index contributed by atoms with van der Waals surface area (Å²) in [6.45, 7) is 0. The van der Waals surface area contributed by atoms with Crippen LogP contribution in [0.2, 0.25) is 10.0 Å². The van der Waals surface area contributed by atoms with Crippen molar-refractivity contribution in [2.24, 2.45) is 0 Å². The molecule has 0 fully saturated rings. The number of hydrogen-bond acceptors (Lipinski definition) is 3. The van der Waals surface area contributed by atoms with E-state index in [4.69, 9.17) is 23.2 Å². The van der Waals surface area contributed by atoms with Crippen molar-refractivity contribution in [2.45, 2.75) is 0 Å². The highest BCUT2D eigenvalue weighted by Gasteiger charge is 2.41. The molecule has 6 heteroatoms. The number of rotatable bonds is 2. The molecule has 2 aromatic carbocycles. The van der Waals surface area contributed by atoms with Gasteiger partial charge < -0.3 is 5.11 Å². The summed E-state index contributed by atoms with van der Waals surface area (Å²) in [5.41, 5.74) is 0.544. The summed E-state index contributed by atoms with van der Waals surface area (Å²) in [6, 6.07) is 12.9. The van der Waals surface area contributed by atoms with E-state index in [1.165, 1.54) is 12.1 Å². The first-order valence-corrected chi connectivity index (χ1v) is 7.09. The van der Waals surface area contributed by atoms with E-state index in [2.05, 4.69) is 0 Å². The SMILES string of the molecule is O=C1C(O)=C(c2ccccc2)C(=O)N1c1cc(Cl)ccc1Cl. The Labute approximate surface area is 136 Å². The molecular formula is C16H9Cl2NO3. The summed E-state index contributed by atoms with van der Waals surface area (Å²) in [6.07, 6.45) is 0. The van der Waals surface area contributed by atoms with Crippen molar-refractivity contribution < 1.29 is 14.7 Å². The zero-order valence-corrected chi connectivity index (χ0v) is 12.6. The highest BCUT2D eigenvalue weighted by atomic mass is 35.5. The van der Waals surface area contributed by atoms with Gasteiger partial charge in [0.1, 0.15) is 0 Å². The molecule has 2 amide bonds. The summed E-state index contributed by atoms with van der Waals surface area (Å²) in [7, 11) is 0. The smallest absolute Gasteiger partial charge is 0.301 e. The van der Waals surface area contributed by atoms with E-state index in [0.717, 1.165) is 4.90 Å². The molecule has 1 heterocycles. The normalized spacial score (nSPS) is 14.9. The van der Waals surface area contributed by atoms with Gasteiger partial charge in [-0.05, 0) is 23.8 Å². The van der Waals surface area contributed by atoms with Crippen LogP contribution in [0.3, 0.4) is 0 Å². The number of amides is 2. The first-order chi connectivity index (χ1) is 10.5. The average molecular weight is 334 g/mol. The minimum absolute atomic E-state index is 0.0540. The summed E-state index contributed by atoms with van der Waals surface area (Å²) in [5, 5.41) is 10.6. The molecule has 3 rings (SSSR count). The van der Waals surface area contributed by atoms with Gasteiger partial charge in [0.05, 0.1) is 16.3 Å². The van der Waals surface area contributed by atoms with Gasteiger partial charge in [-0.2, -0.15) is 0 Å². The number of anilines is 1. The van der Waals surface area contributed by atoms with Crippen LogP contribution in [0.25, 0.3) is 5.57 Å². The van der Waals surface area contributed by atoms with Gasteiger partial charge >= 0.3 is 5.91 Å². The van der Waals surface area contributed by atoms with E-state index in [9.17, 15) is 14.7 Å². The van der Waals surface area contributed by atoms with Gasteiger partial charge in [0.25, 0.3) is 5.91 Å². The van der Waals surface area contributed by atoms with Crippen LogP contribution in [0.15, 0.2) is 54.3 Å². The van der Waals surface area contributed by atoms with Crippen LogP contribution < -0.4 is 4.90 Å². The lowest BCUT2D eigenvalue weighted by atomic mass is 10.1. The van der Waals surface area contributed by atoms with E-state index < -0.39 is 17.6 Å². The molecule has 0 aliphatic carbocycles. The first kappa shape index (κ1) is 14.6. The number of carbonyl (C=O) groups is 2. The van der Waals surface area contributed by atoms with Gasteiger partial charge in [0.15, 0.2) is 5.76 Å². The lowest BCUT2D eigenvalue weighted by Gasteiger charge is -2.16. The van der Waals surface area contributed by atoms with E-state index in [1.807, 2.05) is 0 Å². The third-order valence-corrected chi connectivity index (χ3v) is 3.83. The Balaban J connectivity index is 2.11. The molecule has 0 saturated carbocycles. The molecule has 0 spiro atoms. The molecule has 0 atom stereocenters. The molecule has 0 radical (unpaired) electrons. The average Bonchev–Trinajstić information content (AvgIpc) is 2.73. The zero-order valence-electron chi connectivity index (χ0n) is 11.1. The fraction of sp³-hybridized carbons (Fsp3) is 0. The number of nitrogens with zero attached hydrogens (tertiary/aromatic N) is 1. The molecule has 1 aliphatic rings. The van der Waals surface area contributed by atoms with Gasteiger partial charge in [0, 0.05) is 5.02 Å². The molecule has 0 aromatic heterocycles. The van der Waals surface area contributed by atoms with Crippen LogP contribution in [0.1, 0.15) is 5.56 Å². The molecule has 0 unspecified atom stereocenters. The summed E-state index contributed by atoms with van der Waals surface area (Å²) < 4.78 is 0. The van der Waals surface area contributed by atoms with Crippen LogP contribution in [0.5, 0.6) is 0 Å². The van der Waals surface area contributed by atoms with Crippen molar-refractivity contribution in [3.05, 3.63) is 69.9 Å². The van der Waals surface area contributed by atoms with Gasteiger partial charge in [-0.3, -0.25) is 9.59 Å². The fourth-order valence-electron chi connectivity index (χ4n) is 2.26. The van der Waals surface area contributed by atoms with Crippen molar-refractivity contribution in [1.29, 1.82) is 0 Å². The Morgan fingerprint density at radius 3 is 2.27 bits per heavy atom. The second-order valence-corrected chi connectivity index (χ2v) is 5.47.